The van der Waals surface area contributed by atoms with Gasteiger partial charge in [0.15, 0.2) is 0 Å². The van der Waals surface area contributed by atoms with Gasteiger partial charge in [0, 0.05) is 11.3 Å². The summed E-state index contributed by atoms with van der Waals surface area (Å²) >= 11 is 0. The molecular weight excluding hydrogens is 363 g/mol. The Morgan fingerprint density at radius 2 is 1.93 bits per heavy atom. The number of hydrogen-bond acceptors (Lipinski definition) is 4. The summed E-state index contributed by atoms with van der Waals surface area (Å²) in [5.74, 6) is 0.222. The molecule has 0 bridgehead atoms. The number of ether oxygens (including phenoxy) is 1. The van der Waals surface area contributed by atoms with E-state index in [1.807, 2.05) is 0 Å². The third-order valence-electron chi connectivity index (χ3n) is 4.54. The highest BCUT2D eigenvalue weighted by molar-refractivity contribution is 6.04. The highest BCUT2D eigenvalue weighted by Crippen LogP contribution is 2.35. The first-order valence-electron chi connectivity index (χ1n) is 8.63. The lowest BCUT2D eigenvalue weighted by Crippen LogP contribution is -2.23. The summed E-state index contributed by atoms with van der Waals surface area (Å²) in [6.45, 7) is 0. The molecule has 0 spiro atoms. The Morgan fingerprint density at radius 3 is 2.61 bits per heavy atom. The molecule has 28 heavy (non-hydrogen) atoms. The van der Waals surface area contributed by atoms with Gasteiger partial charge in [0.2, 0.25) is 5.91 Å². The van der Waals surface area contributed by atoms with Crippen LogP contribution in [-0.4, -0.2) is 28.7 Å². The minimum Gasteiger partial charge on any atom is -0.497 e. The molecule has 3 aromatic rings. The average molecular weight is 380 g/mol. The molecule has 1 aliphatic heterocycles. The zero-order chi connectivity index (χ0) is 19.7. The van der Waals surface area contributed by atoms with Crippen molar-refractivity contribution in [2.45, 2.75) is 12.5 Å². The van der Waals surface area contributed by atoms with Crippen LogP contribution in [0.5, 0.6) is 5.75 Å². The summed E-state index contributed by atoms with van der Waals surface area (Å²) in [4.78, 5) is 24.8. The van der Waals surface area contributed by atoms with Crippen LogP contribution in [0.4, 0.5) is 15.9 Å². The number of nitrogens with zero attached hydrogens (tertiary/aromatic N) is 2. The number of anilines is 2. The van der Waals surface area contributed by atoms with Gasteiger partial charge in [0.05, 0.1) is 19.7 Å². The quantitative estimate of drug-likeness (QED) is 0.712. The van der Waals surface area contributed by atoms with Crippen molar-refractivity contribution in [3.05, 3.63) is 60.5 Å². The Morgan fingerprint density at radius 1 is 1.21 bits per heavy atom. The fourth-order valence-corrected chi connectivity index (χ4v) is 3.12. The van der Waals surface area contributed by atoms with Gasteiger partial charge in [-0.1, -0.05) is 12.1 Å². The molecule has 1 atom stereocenters. The van der Waals surface area contributed by atoms with Crippen LogP contribution in [0.1, 0.15) is 12.5 Å². The standard InChI is InChI=1S/C20H17FN4O3/c1-28-15-8-6-14(7-9-15)23-18(26)10-17-20(27)24-19-16(11-22-25(17)19)12-2-4-13(21)5-3-12/h2-9,11,17H,10H2,1H3,(H,23,26)(H,24,27). The molecule has 2 amide bonds. The molecule has 0 saturated carbocycles. The molecule has 0 saturated heterocycles. The second-order valence-electron chi connectivity index (χ2n) is 6.34. The van der Waals surface area contributed by atoms with Crippen molar-refractivity contribution in [3.63, 3.8) is 0 Å². The monoisotopic (exact) mass is 380 g/mol. The molecule has 2 aromatic carbocycles. The van der Waals surface area contributed by atoms with Gasteiger partial charge in [-0.25, -0.2) is 9.07 Å². The van der Waals surface area contributed by atoms with E-state index in [1.54, 1.807) is 49.7 Å². The van der Waals surface area contributed by atoms with Gasteiger partial charge in [-0.05, 0) is 42.0 Å². The SMILES string of the molecule is COc1ccc(NC(=O)CC2C(=O)Nc3c(-c4ccc(F)cc4)cnn32)cc1. The second kappa shape index (κ2) is 7.15. The molecule has 4 rings (SSSR count). The fourth-order valence-electron chi connectivity index (χ4n) is 3.12. The van der Waals surface area contributed by atoms with Gasteiger partial charge >= 0.3 is 0 Å². The number of carbonyl (C=O) groups excluding carboxylic acids is 2. The van der Waals surface area contributed by atoms with Crippen LogP contribution >= 0.6 is 0 Å². The number of benzene rings is 2. The Kier molecular flexibility index (Phi) is 4.52. The molecule has 1 aromatic heterocycles. The van der Waals surface area contributed by atoms with Crippen molar-refractivity contribution in [2.75, 3.05) is 17.7 Å². The first kappa shape index (κ1) is 17.7. The van der Waals surface area contributed by atoms with Gasteiger partial charge in [0.1, 0.15) is 23.4 Å². The fraction of sp³-hybridized carbons (Fsp3) is 0.150. The van der Waals surface area contributed by atoms with E-state index in [9.17, 15) is 14.0 Å². The second-order valence-corrected chi connectivity index (χ2v) is 6.34. The molecule has 2 N–H and O–H groups in total. The molecular formula is C20H17FN4O3. The minimum absolute atomic E-state index is 0.0601. The van der Waals surface area contributed by atoms with E-state index in [-0.39, 0.29) is 24.1 Å². The van der Waals surface area contributed by atoms with Crippen LogP contribution in [0.25, 0.3) is 11.1 Å². The van der Waals surface area contributed by atoms with Gasteiger partial charge in [-0.2, -0.15) is 5.10 Å². The summed E-state index contributed by atoms with van der Waals surface area (Å²) in [7, 11) is 1.56. The Labute approximate surface area is 160 Å². The summed E-state index contributed by atoms with van der Waals surface area (Å²) in [5, 5.41) is 9.78. The van der Waals surface area contributed by atoms with Crippen molar-refractivity contribution >= 4 is 23.3 Å². The van der Waals surface area contributed by atoms with E-state index in [4.69, 9.17) is 4.74 Å². The molecule has 0 aliphatic carbocycles. The number of halogens is 1. The van der Waals surface area contributed by atoms with E-state index in [2.05, 4.69) is 15.7 Å². The third-order valence-corrected chi connectivity index (χ3v) is 4.54. The van der Waals surface area contributed by atoms with Crippen LogP contribution in [0, 0.1) is 5.82 Å². The molecule has 142 valence electrons. The van der Waals surface area contributed by atoms with Gasteiger partial charge in [-0.15, -0.1) is 0 Å². The smallest absolute Gasteiger partial charge is 0.251 e. The number of amides is 2. The lowest BCUT2D eigenvalue weighted by molar-refractivity contribution is -0.123. The number of aromatic nitrogens is 2. The number of fused-ring (bicyclic) bond motifs is 1. The molecule has 7 nitrogen and oxygen atoms in total. The number of rotatable bonds is 5. The average Bonchev–Trinajstić information content (AvgIpc) is 3.23. The van der Waals surface area contributed by atoms with E-state index >= 15 is 0 Å². The van der Waals surface area contributed by atoms with Crippen LogP contribution in [0.15, 0.2) is 54.7 Å². The molecule has 0 radical (unpaired) electrons. The zero-order valence-corrected chi connectivity index (χ0v) is 15.0. The highest BCUT2D eigenvalue weighted by atomic mass is 19.1. The van der Waals surface area contributed by atoms with Crippen LogP contribution < -0.4 is 15.4 Å². The highest BCUT2D eigenvalue weighted by Gasteiger charge is 2.35. The lowest BCUT2D eigenvalue weighted by atomic mass is 10.1. The maximum Gasteiger partial charge on any atom is 0.251 e. The number of nitrogens with one attached hydrogen (secondary N) is 2. The Hall–Kier alpha value is -3.68. The summed E-state index contributed by atoms with van der Waals surface area (Å²) < 4.78 is 19.7. The number of carbonyl (C=O) groups is 2. The van der Waals surface area contributed by atoms with Crippen molar-refractivity contribution in [1.29, 1.82) is 0 Å². The largest absolute Gasteiger partial charge is 0.497 e. The zero-order valence-electron chi connectivity index (χ0n) is 15.0. The van der Waals surface area contributed by atoms with E-state index in [0.29, 0.717) is 22.8 Å². The topological polar surface area (TPSA) is 85.2 Å². The van der Waals surface area contributed by atoms with Crippen molar-refractivity contribution < 1.29 is 18.7 Å². The number of methoxy groups -OCH3 is 1. The minimum atomic E-state index is -0.748. The van der Waals surface area contributed by atoms with Crippen LogP contribution in [0.2, 0.25) is 0 Å². The normalized spacial score (nSPS) is 15.1. The third kappa shape index (κ3) is 3.32. The first-order valence-corrected chi connectivity index (χ1v) is 8.63. The van der Waals surface area contributed by atoms with Crippen molar-refractivity contribution in [3.8, 4) is 16.9 Å². The predicted octanol–water partition coefficient (Wildman–Crippen LogP) is 3.22. The maximum atomic E-state index is 13.1. The predicted molar refractivity (Wildman–Crippen MR) is 102 cm³/mol. The molecule has 2 heterocycles. The molecule has 1 unspecified atom stereocenters. The molecule has 8 heteroatoms. The lowest BCUT2D eigenvalue weighted by Gasteiger charge is -2.10. The van der Waals surface area contributed by atoms with Gasteiger partial charge in [-0.3, -0.25) is 9.59 Å². The van der Waals surface area contributed by atoms with Gasteiger partial charge < -0.3 is 15.4 Å². The summed E-state index contributed by atoms with van der Waals surface area (Å²) in [5.41, 5.74) is 2.01. The van der Waals surface area contributed by atoms with Crippen molar-refractivity contribution in [2.24, 2.45) is 0 Å². The maximum absolute atomic E-state index is 13.1. The van der Waals surface area contributed by atoms with Gasteiger partial charge in [0.25, 0.3) is 5.91 Å². The van der Waals surface area contributed by atoms with Crippen molar-refractivity contribution in [1.82, 2.24) is 9.78 Å². The number of hydrogen-bond donors (Lipinski definition) is 2. The first-order chi connectivity index (χ1) is 13.5. The van der Waals surface area contributed by atoms with E-state index in [0.717, 1.165) is 5.56 Å². The Balaban J connectivity index is 1.50. The summed E-state index contributed by atoms with van der Waals surface area (Å²) in [6, 6.07) is 12.1. The summed E-state index contributed by atoms with van der Waals surface area (Å²) in [6.07, 6.45) is 1.53. The van der Waals surface area contributed by atoms with Crippen LogP contribution in [-0.2, 0) is 9.59 Å². The van der Waals surface area contributed by atoms with E-state index in [1.165, 1.54) is 16.8 Å². The molecule has 0 fully saturated rings. The van der Waals surface area contributed by atoms with E-state index < -0.39 is 6.04 Å². The Bertz CT molecular complexity index is 1030. The molecule has 1 aliphatic rings. The van der Waals surface area contributed by atoms with Crippen LogP contribution in [0.3, 0.4) is 0 Å².